The van der Waals surface area contributed by atoms with Crippen LogP contribution in [-0.2, 0) is 0 Å². The van der Waals surface area contributed by atoms with Crippen LogP contribution in [0.25, 0.3) is 0 Å². The molecule has 0 bridgehead atoms. The third kappa shape index (κ3) is 4.35. The average molecular weight is 310 g/mol. The Kier molecular flexibility index (Phi) is 5.48. The fraction of sp³-hybridized carbons (Fsp3) is 0.562. The predicted octanol–water partition coefficient (Wildman–Crippen LogP) is 3.17. The number of amides is 2. The van der Waals surface area contributed by atoms with Crippen LogP contribution < -0.4 is 11.1 Å². The number of nitrogens with zero attached hydrogens (tertiary/aromatic N) is 1. The van der Waals surface area contributed by atoms with Crippen LogP contribution in [0, 0.1) is 5.92 Å². The first kappa shape index (κ1) is 16.1. The van der Waals surface area contributed by atoms with Gasteiger partial charge in [0.15, 0.2) is 0 Å². The maximum absolute atomic E-state index is 11.2. The maximum Gasteiger partial charge on any atom is 0.314 e. The van der Waals surface area contributed by atoms with E-state index >= 15 is 0 Å². The van der Waals surface area contributed by atoms with Crippen LogP contribution in [0.1, 0.15) is 38.3 Å². The minimum absolute atomic E-state index is 0.299. The third-order valence-corrected chi connectivity index (χ3v) is 4.37. The predicted molar refractivity (Wildman–Crippen MR) is 86.3 cm³/mol. The summed E-state index contributed by atoms with van der Waals surface area (Å²) in [4.78, 5) is 12.9. The van der Waals surface area contributed by atoms with Gasteiger partial charge in [0, 0.05) is 30.2 Å². The zero-order chi connectivity index (χ0) is 15.4. The van der Waals surface area contributed by atoms with E-state index in [2.05, 4.69) is 31.3 Å². The van der Waals surface area contributed by atoms with Crippen molar-refractivity contribution in [3.05, 3.63) is 34.9 Å². The van der Waals surface area contributed by atoms with Gasteiger partial charge in [0.25, 0.3) is 0 Å². The van der Waals surface area contributed by atoms with Crippen molar-refractivity contribution in [1.82, 2.24) is 10.2 Å². The maximum atomic E-state index is 11.2. The molecule has 0 saturated carbocycles. The minimum Gasteiger partial charge on any atom is -0.351 e. The summed E-state index contributed by atoms with van der Waals surface area (Å²) in [5.74, 6) is 0.486. The van der Waals surface area contributed by atoms with Crippen molar-refractivity contribution < 1.29 is 4.79 Å². The number of urea groups is 1. The monoisotopic (exact) mass is 309 g/mol. The van der Waals surface area contributed by atoms with Gasteiger partial charge in [-0.05, 0) is 36.5 Å². The molecule has 0 aliphatic carbocycles. The number of halogens is 1. The number of hydrogen-bond acceptors (Lipinski definition) is 2. The van der Waals surface area contributed by atoms with Crippen molar-refractivity contribution in [3.63, 3.8) is 0 Å². The van der Waals surface area contributed by atoms with Gasteiger partial charge in [-0.3, -0.25) is 0 Å². The lowest BCUT2D eigenvalue weighted by atomic mass is 9.93. The molecule has 1 heterocycles. The Balaban J connectivity index is 1.98. The molecule has 1 saturated heterocycles. The van der Waals surface area contributed by atoms with Crippen LogP contribution in [0.5, 0.6) is 0 Å². The van der Waals surface area contributed by atoms with Crippen molar-refractivity contribution in [3.8, 4) is 0 Å². The van der Waals surface area contributed by atoms with Gasteiger partial charge in [0.2, 0.25) is 0 Å². The molecule has 1 atom stereocenters. The van der Waals surface area contributed by atoms with E-state index in [-0.39, 0.29) is 6.03 Å². The highest BCUT2D eigenvalue weighted by atomic mass is 35.5. The van der Waals surface area contributed by atoms with Crippen LogP contribution in [0.3, 0.4) is 0 Å². The summed E-state index contributed by atoms with van der Waals surface area (Å²) in [6.07, 6.45) is 1.89. The molecule has 4 nitrogen and oxygen atoms in total. The standard InChI is InChI=1S/C16H24ClN3O/c1-11(2)15(12-3-5-13(17)6-4-12)19-14-7-9-20(10-8-14)16(18)21/h3-6,11,14-15,19H,7-10H2,1-2H3,(H2,18,21). The first-order chi connectivity index (χ1) is 9.97. The molecular formula is C16H24ClN3O. The number of carbonyl (C=O) groups excluding carboxylic acids is 1. The second-order valence-electron chi connectivity index (χ2n) is 6.04. The summed E-state index contributed by atoms with van der Waals surface area (Å²) in [5, 5.41) is 4.49. The van der Waals surface area contributed by atoms with Gasteiger partial charge in [0.05, 0.1) is 0 Å². The van der Waals surface area contributed by atoms with Crippen molar-refractivity contribution in [2.75, 3.05) is 13.1 Å². The molecule has 0 aromatic heterocycles. The number of benzene rings is 1. The van der Waals surface area contributed by atoms with E-state index in [1.807, 2.05) is 12.1 Å². The quantitative estimate of drug-likeness (QED) is 0.897. The Morgan fingerprint density at radius 3 is 2.33 bits per heavy atom. The molecule has 1 aliphatic rings. The molecule has 1 aromatic rings. The number of rotatable bonds is 4. The van der Waals surface area contributed by atoms with E-state index in [9.17, 15) is 4.79 Å². The van der Waals surface area contributed by atoms with E-state index in [1.165, 1.54) is 5.56 Å². The Morgan fingerprint density at radius 2 is 1.86 bits per heavy atom. The SMILES string of the molecule is CC(C)C(NC1CCN(C(N)=O)CC1)c1ccc(Cl)cc1. The van der Waals surface area contributed by atoms with E-state index in [1.54, 1.807) is 4.90 Å². The van der Waals surface area contributed by atoms with Gasteiger partial charge >= 0.3 is 6.03 Å². The van der Waals surface area contributed by atoms with Crippen molar-refractivity contribution in [2.24, 2.45) is 11.7 Å². The second kappa shape index (κ2) is 7.14. The number of hydrogen-bond donors (Lipinski definition) is 2. The number of primary amides is 1. The van der Waals surface area contributed by atoms with Crippen LogP contribution >= 0.6 is 11.6 Å². The van der Waals surface area contributed by atoms with Crippen LogP contribution in [-0.4, -0.2) is 30.1 Å². The van der Waals surface area contributed by atoms with Gasteiger partial charge in [0.1, 0.15) is 0 Å². The van der Waals surface area contributed by atoms with Crippen LogP contribution in [0.2, 0.25) is 5.02 Å². The van der Waals surface area contributed by atoms with Gasteiger partial charge < -0.3 is 16.0 Å². The lowest BCUT2D eigenvalue weighted by Crippen LogP contribution is -2.48. The number of carbonyl (C=O) groups is 1. The highest BCUT2D eigenvalue weighted by Gasteiger charge is 2.25. The number of likely N-dealkylation sites (tertiary alicyclic amines) is 1. The lowest BCUT2D eigenvalue weighted by molar-refractivity contribution is 0.179. The summed E-state index contributed by atoms with van der Waals surface area (Å²) in [6, 6.07) is 8.44. The van der Waals surface area contributed by atoms with Gasteiger partial charge in [-0.15, -0.1) is 0 Å². The molecule has 5 heteroatoms. The fourth-order valence-electron chi connectivity index (χ4n) is 2.86. The Labute approximate surface area is 131 Å². The first-order valence-electron chi connectivity index (χ1n) is 7.53. The second-order valence-corrected chi connectivity index (χ2v) is 6.48. The van der Waals surface area contributed by atoms with E-state index in [4.69, 9.17) is 17.3 Å². The summed E-state index contributed by atoms with van der Waals surface area (Å²) >= 11 is 5.96. The molecule has 2 rings (SSSR count). The molecule has 1 aromatic carbocycles. The first-order valence-corrected chi connectivity index (χ1v) is 7.91. The number of nitrogens with one attached hydrogen (secondary N) is 1. The highest BCUT2D eigenvalue weighted by Crippen LogP contribution is 2.25. The topological polar surface area (TPSA) is 58.4 Å². The smallest absolute Gasteiger partial charge is 0.314 e. The minimum atomic E-state index is -0.313. The van der Waals surface area contributed by atoms with Crippen LogP contribution in [0.4, 0.5) is 4.79 Å². The molecule has 1 aliphatic heterocycles. The molecule has 2 amide bonds. The van der Waals surface area contributed by atoms with Crippen molar-refractivity contribution in [1.29, 1.82) is 0 Å². The third-order valence-electron chi connectivity index (χ3n) is 4.12. The van der Waals surface area contributed by atoms with Crippen molar-refractivity contribution >= 4 is 17.6 Å². The van der Waals surface area contributed by atoms with Crippen LogP contribution in [0.15, 0.2) is 24.3 Å². The number of nitrogens with two attached hydrogens (primary N) is 1. The van der Waals surface area contributed by atoms with E-state index in [0.29, 0.717) is 18.0 Å². The molecule has 1 unspecified atom stereocenters. The lowest BCUT2D eigenvalue weighted by Gasteiger charge is -2.35. The Morgan fingerprint density at radius 1 is 1.29 bits per heavy atom. The Hall–Kier alpha value is -1.26. The van der Waals surface area contributed by atoms with Gasteiger partial charge in [-0.2, -0.15) is 0 Å². The molecule has 3 N–H and O–H groups in total. The summed E-state index contributed by atoms with van der Waals surface area (Å²) in [7, 11) is 0. The summed E-state index contributed by atoms with van der Waals surface area (Å²) < 4.78 is 0. The normalized spacial score (nSPS) is 18.0. The zero-order valence-electron chi connectivity index (χ0n) is 12.7. The fourth-order valence-corrected chi connectivity index (χ4v) is 2.99. The largest absolute Gasteiger partial charge is 0.351 e. The Bertz CT molecular complexity index is 467. The summed E-state index contributed by atoms with van der Waals surface area (Å²) in [5.41, 5.74) is 6.58. The zero-order valence-corrected chi connectivity index (χ0v) is 13.4. The molecule has 21 heavy (non-hydrogen) atoms. The molecular weight excluding hydrogens is 286 g/mol. The number of piperidine rings is 1. The average Bonchev–Trinajstić information content (AvgIpc) is 2.46. The molecule has 1 fully saturated rings. The van der Waals surface area contributed by atoms with E-state index < -0.39 is 0 Å². The molecule has 0 spiro atoms. The highest BCUT2D eigenvalue weighted by molar-refractivity contribution is 6.30. The van der Waals surface area contributed by atoms with Crippen molar-refractivity contribution in [2.45, 2.75) is 38.8 Å². The van der Waals surface area contributed by atoms with Gasteiger partial charge in [-0.1, -0.05) is 37.6 Å². The van der Waals surface area contributed by atoms with E-state index in [0.717, 1.165) is 31.0 Å². The van der Waals surface area contributed by atoms with Gasteiger partial charge in [-0.25, -0.2) is 4.79 Å². The molecule has 0 radical (unpaired) electrons. The summed E-state index contributed by atoms with van der Waals surface area (Å²) in [6.45, 7) is 5.90. The molecule has 116 valence electrons.